The summed E-state index contributed by atoms with van der Waals surface area (Å²) in [6.07, 6.45) is 7.16. The highest BCUT2D eigenvalue weighted by Gasteiger charge is 2.00. The zero-order chi connectivity index (χ0) is 12.7. The Labute approximate surface area is 107 Å². The molecular formula is C13H15N3S. The number of pyridine rings is 1. The molecule has 0 atom stereocenters. The molecule has 0 aliphatic carbocycles. The van der Waals surface area contributed by atoms with Gasteiger partial charge in [0.05, 0.1) is 0 Å². The highest BCUT2D eigenvalue weighted by Crippen LogP contribution is 2.11. The number of nitrogens with zero attached hydrogens (tertiary/aromatic N) is 1. The van der Waals surface area contributed by atoms with Crippen molar-refractivity contribution in [2.75, 3.05) is 7.05 Å². The van der Waals surface area contributed by atoms with Gasteiger partial charge < -0.3 is 10.6 Å². The minimum absolute atomic E-state index is 0.525. The summed E-state index contributed by atoms with van der Waals surface area (Å²) in [7, 11) is 1.75. The Morgan fingerprint density at radius 2 is 2.06 bits per heavy atom. The van der Waals surface area contributed by atoms with Crippen LogP contribution in [0.5, 0.6) is 0 Å². The summed E-state index contributed by atoms with van der Waals surface area (Å²) in [4.78, 5) is 3.96. The van der Waals surface area contributed by atoms with Crippen molar-refractivity contribution in [2.45, 2.75) is 0 Å². The van der Waals surface area contributed by atoms with Crippen molar-refractivity contribution in [1.29, 1.82) is 0 Å². The van der Waals surface area contributed by atoms with Crippen molar-refractivity contribution in [3.63, 3.8) is 0 Å². The Kier molecular flexibility index (Phi) is 5.10. The van der Waals surface area contributed by atoms with Crippen LogP contribution in [0.4, 0.5) is 0 Å². The summed E-state index contributed by atoms with van der Waals surface area (Å²) in [6, 6.07) is 3.82. The molecule has 1 rings (SSSR count). The van der Waals surface area contributed by atoms with Crippen molar-refractivity contribution in [3.05, 3.63) is 60.6 Å². The van der Waals surface area contributed by atoms with Crippen molar-refractivity contribution in [1.82, 2.24) is 15.6 Å². The first-order valence-corrected chi connectivity index (χ1v) is 5.50. The SMILES string of the molecule is C=C/C(=C/c1ccncc1)C(=C)NC(=S)NC. The normalized spacial score (nSPS) is 10.5. The summed E-state index contributed by atoms with van der Waals surface area (Å²) in [6.45, 7) is 7.68. The molecule has 1 aromatic heterocycles. The standard InChI is InChI=1S/C13H15N3S/c1-4-12(10(2)16-13(17)14-3)9-11-5-7-15-8-6-11/h4-9H,1-2H2,3H3,(H2,14,16,17)/b12-9-. The number of hydrogen-bond donors (Lipinski definition) is 2. The molecule has 3 nitrogen and oxygen atoms in total. The van der Waals surface area contributed by atoms with Gasteiger partial charge in [-0.15, -0.1) is 0 Å². The van der Waals surface area contributed by atoms with Gasteiger partial charge in [-0.2, -0.15) is 0 Å². The second kappa shape index (κ2) is 6.60. The maximum Gasteiger partial charge on any atom is 0.170 e. The molecule has 0 radical (unpaired) electrons. The zero-order valence-electron chi connectivity index (χ0n) is 9.73. The van der Waals surface area contributed by atoms with E-state index in [0.717, 1.165) is 11.1 Å². The third-order valence-corrected chi connectivity index (χ3v) is 2.39. The van der Waals surface area contributed by atoms with Crippen LogP contribution in [0, 0.1) is 0 Å². The summed E-state index contributed by atoms with van der Waals surface area (Å²) in [5.41, 5.74) is 2.62. The van der Waals surface area contributed by atoms with Crippen LogP contribution in [0.15, 0.2) is 55.0 Å². The summed E-state index contributed by atoms with van der Waals surface area (Å²) >= 11 is 5.01. The van der Waals surface area contributed by atoms with Gasteiger partial charge in [0, 0.05) is 25.1 Å². The third-order valence-electron chi connectivity index (χ3n) is 2.09. The fourth-order valence-corrected chi connectivity index (χ4v) is 1.30. The number of rotatable bonds is 4. The topological polar surface area (TPSA) is 37.0 Å². The van der Waals surface area contributed by atoms with Crippen LogP contribution in [0.2, 0.25) is 0 Å². The van der Waals surface area contributed by atoms with Gasteiger partial charge in [0.25, 0.3) is 0 Å². The Morgan fingerprint density at radius 1 is 1.41 bits per heavy atom. The van der Waals surface area contributed by atoms with Gasteiger partial charge >= 0.3 is 0 Å². The van der Waals surface area contributed by atoms with Gasteiger partial charge in [-0.3, -0.25) is 4.98 Å². The molecule has 0 aromatic carbocycles. The first-order chi connectivity index (χ1) is 8.17. The van der Waals surface area contributed by atoms with Crippen LogP contribution in [0.3, 0.4) is 0 Å². The summed E-state index contributed by atoms with van der Waals surface area (Å²) < 4.78 is 0. The highest BCUT2D eigenvalue weighted by molar-refractivity contribution is 7.80. The molecule has 0 bridgehead atoms. The number of allylic oxidation sites excluding steroid dienone is 1. The Bertz CT molecular complexity index is 449. The fraction of sp³-hybridized carbons (Fsp3) is 0.0769. The van der Waals surface area contributed by atoms with E-state index in [1.54, 1.807) is 25.5 Å². The smallest absolute Gasteiger partial charge is 0.170 e. The Hall–Kier alpha value is -1.94. The molecule has 2 N–H and O–H groups in total. The van der Waals surface area contributed by atoms with Crippen LogP contribution >= 0.6 is 12.2 Å². The Balaban J connectivity index is 2.85. The van der Waals surface area contributed by atoms with Gasteiger partial charge in [0.15, 0.2) is 5.11 Å². The van der Waals surface area contributed by atoms with E-state index in [1.807, 2.05) is 18.2 Å². The lowest BCUT2D eigenvalue weighted by Gasteiger charge is -2.10. The lowest BCUT2D eigenvalue weighted by atomic mass is 10.1. The highest BCUT2D eigenvalue weighted by atomic mass is 32.1. The molecule has 0 aliphatic rings. The van der Waals surface area contributed by atoms with E-state index < -0.39 is 0 Å². The number of thiocarbonyl (C=S) groups is 1. The summed E-state index contributed by atoms with van der Waals surface area (Å²) in [5.74, 6) is 0. The molecule has 0 amide bonds. The first kappa shape index (κ1) is 13.1. The fourth-order valence-electron chi connectivity index (χ4n) is 1.18. The van der Waals surface area contributed by atoms with Crippen LogP contribution in [0.1, 0.15) is 5.56 Å². The van der Waals surface area contributed by atoms with Gasteiger partial charge in [-0.05, 0) is 41.6 Å². The monoisotopic (exact) mass is 245 g/mol. The molecule has 88 valence electrons. The maximum absolute atomic E-state index is 5.01. The minimum Gasteiger partial charge on any atom is -0.366 e. The van der Waals surface area contributed by atoms with E-state index in [2.05, 4.69) is 28.8 Å². The van der Waals surface area contributed by atoms with Gasteiger partial charge in [0.2, 0.25) is 0 Å². The van der Waals surface area contributed by atoms with Crippen LogP contribution in [-0.4, -0.2) is 17.1 Å². The second-order valence-electron chi connectivity index (χ2n) is 3.27. The number of aromatic nitrogens is 1. The van der Waals surface area contributed by atoms with Crippen molar-refractivity contribution in [3.8, 4) is 0 Å². The molecule has 0 aliphatic heterocycles. The predicted octanol–water partition coefficient (Wildman–Crippen LogP) is 2.26. The van der Waals surface area contributed by atoms with E-state index in [9.17, 15) is 0 Å². The average Bonchev–Trinajstić information content (AvgIpc) is 2.36. The van der Waals surface area contributed by atoms with Gasteiger partial charge in [0.1, 0.15) is 0 Å². The maximum atomic E-state index is 5.01. The Morgan fingerprint density at radius 3 is 2.59 bits per heavy atom. The lowest BCUT2D eigenvalue weighted by molar-refractivity contribution is 1.07. The molecular weight excluding hydrogens is 230 g/mol. The molecule has 1 heterocycles. The van der Waals surface area contributed by atoms with E-state index in [0.29, 0.717) is 10.8 Å². The first-order valence-electron chi connectivity index (χ1n) is 5.09. The van der Waals surface area contributed by atoms with Crippen LogP contribution in [0.25, 0.3) is 6.08 Å². The van der Waals surface area contributed by atoms with Crippen LogP contribution < -0.4 is 10.6 Å². The predicted molar refractivity (Wildman–Crippen MR) is 76.3 cm³/mol. The molecule has 0 unspecified atom stereocenters. The lowest BCUT2D eigenvalue weighted by Crippen LogP contribution is -2.31. The largest absolute Gasteiger partial charge is 0.366 e. The molecule has 0 saturated heterocycles. The quantitative estimate of drug-likeness (QED) is 0.630. The molecule has 1 aromatic rings. The molecule has 4 heteroatoms. The van der Waals surface area contributed by atoms with E-state index in [4.69, 9.17) is 12.2 Å². The third kappa shape index (κ3) is 4.20. The van der Waals surface area contributed by atoms with Crippen molar-refractivity contribution >= 4 is 23.4 Å². The molecule has 0 fully saturated rings. The van der Waals surface area contributed by atoms with Gasteiger partial charge in [-0.1, -0.05) is 19.2 Å². The van der Waals surface area contributed by atoms with Crippen molar-refractivity contribution < 1.29 is 0 Å². The van der Waals surface area contributed by atoms with E-state index in [-0.39, 0.29) is 0 Å². The van der Waals surface area contributed by atoms with Crippen LogP contribution in [-0.2, 0) is 0 Å². The van der Waals surface area contributed by atoms with E-state index >= 15 is 0 Å². The average molecular weight is 245 g/mol. The molecule has 17 heavy (non-hydrogen) atoms. The molecule has 0 spiro atoms. The second-order valence-corrected chi connectivity index (χ2v) is 3.68. The minimum atomic E-state index is 0.525. The zero-order valence-corrected chi connectivity index (χ0v) is 10.6. The number of nitrogens with one attached hydrogen (secondary N) is 2. The summed E-state index contributed by atoms with van der Waals surface area (Å²) in [5, 5.41) is 6.32. The van der Waals surface area contributed by atoms with Gasteiger partial charge in [-0.25, -0.2) is 0 Å². The number of hydrogen-bond acceptors (Lipinski definition) is 2. The van der Waals surface area contributed by atoms with E-state index in [1.165, 1.54) is 0 Å². The molecule has 0 saturated carbocycles. The van der Waals surface area contributed by atoms with Crippen molar-refractivity contribution in [2.24, 2.45) is 0 Å².